The smallest absolute Gasteiger partial charge is 0.334 e. The number of rotatable bonds is 9. The monoisotopic (exact) mass is 563 g/mol. The molecule has 0 amide bonds. The van der Waals surface area contributed by atoms with E-state index >= 15 is 0 Å². The van der Waals surface area contributed by atoms with Crippen LogP contribution in [0.15, 0.2) is 42.0 Å². The SMILES string of the molecule is COc1cc2c(c(OC)c1OCc1ccc([N+](=O)[O-])cc1)-c1c(cc(OC)c(OC)c1OC)C[C@@H]1COC(=O)/C1=C/2. The summed E-state index contributed by atoms with van der Waals surface area (Å²) in [7, 11) is 7.64. The Hall–Kier alpha value is -4.93. The van der Waals surface area contributed by atoms with E-state index in [1.54, 1.807) is 38.5 Å². The lowest BCUT2D eigenvalue weighted by Gasteiger charge is -2.27. The van der Waals surface area contributed by atoms with Crippen molar-refractivity contribution in [1.29, 1.82) is 0 Å². The zero-order valence-corrected chi connectivity index (χ0v) is 23.3. The minimum atomic E-state index is -0.459. The highest BCUT2D eigenvalue weighted by Gasteiger charge is 2.37. The lowest BCUT2D eigenvalue weighted by molar-refractivity contribution is -0.384. The maximum atomic E-state index is 12.8. The van der Waals surface area contributed by atoms with Gasteiger partial charge in [0.15, 0.2) is 23.0 Å². The summed E-state index contributed by atoms with van der Waals surface area (Å²) in [5.41, 5.74) is 3.98. The number of hydrogen-bond donors (Lipinski definition) is 0. The van der Waals surface area contributed by atoms with E-state index in [0.29, 0.717) is 68.7 Å². The first-order valence-corrected chi connectivity index (χ1v) is 12.7. The minimum Gasteiger partial charge on any atom is -0.493 e. The van der Waals surface area contributed by atoms with Crippen molar-refractivity contribution in [1.82, 2.24) is 0 Å². The van der Waals surface area contributed by atoms with E-state index in [4.69, 9.17) is 33.2 Å². The van der Waals surface area contributed by atoms with Gasteiger partial charge in [-0.3, -0.25) is 10.1 Å². The number of carbonyl (C=O) groups excluding carboxylic acids is 1. The number of methoxy groups -OCH3 is 5. The molecule has 1 fully saturated rings. The van der Waals surface area contributed by atoms with Crippen LogP contribution in [0.5, 0.6) is 34.5 Å². The first kappa shape index (κ1) is 27.6. The van der Waals surface area contributed by atoms with Gasteiger partial charge in [0, 0.05) is 34.8 Å². The maximum Gasteiger partial charge on any atom is 0.334 e. The average molecular weight is 564 g/mol. The molecule has 0 bridgehead atoms. The van der Waals surface area contributed by atoms with Crippen LogP contribution in [0.1, 0.15) is 16.7 Å². The summed E-state index contributed by atoms with van der Waals surface area (Å²) in [4.78, 5) is 23.4. The molecule has 0 N–H and O–H groups in total. The van der Waals surface area contributed by atoms with Crippen molar-refractivity contribution in [2.45, 2.75) is 13.0 Å². The number of hydrogen-bond acceptors (Lipinski definition) is 10. The van der Waals surface area contributed by atoms with Crippen LogP contribution in [0.2, 0.25) is 0 Å². The standard InChI is InChI=1S/C30H29NO10/c1-35-22-12-17-10-19-15-41-30(32)21(19)11-18-13-23(36-2)27(40-14-16-6-8-20(9-7-16)31(33)34)29(39-5)25(18)24(17)28(38-4)26(22)37-3/h6-9,11-13,19H,10,14-15H2,1-5H3/b21-11+/t19-/m1/s1. The van der Waals surface area contributed by atoms with Crippen molar-refractivity contribution >= 4 is 17.7 Å². The molecule has 3 aromatic rings. The first-order chi connectivity index (χ1) is 19.8. The second-order valence-electron chi connectivity index (χ2n) is 9.40. The zero-order chi connectivity index (χ0) is 29.3. The number of nitro benzene ring substituents is 1. The Morgan fingerprint density at radius 1 is 0.854 bits per heavy atom. The molecule has 1 saturated heterocycles. The third-order valence-electron chi connectivity index (χ3n) is 7.22. The van der Waals surface area contributed by atoms with Crippen molar-refractivity contribution in [2.24, 2.45) is 5.92 Å². The number of benzene rings is 3. The molecule has 0 spiro atoms. The fourth-order valence-corrected chi connectivity index (χ4v) is 5.30. The molecule has 5 rings (SSSR count). The van der Waals surface area contributed by atoms with Crippen LogP contribution < -0.4 is 28.4 Å². The highest BCUT2D eigenvalue weighted by molar-refractivity contribution is 6.00. The number of non-ortho nitro benzene ring substituents is 1. The lowest BCUT2D eigenvalue weighted by atomic mass is 9.82. The third kappa shape index (κ3) is 4.83. The molecule has 2 aliphatic rings. The van der Waals surface area contributed by atoms with E-state index in [1.807, 2.05) is 6.07 Å². The van der Waals surface area contributed by atoms with Gasteiger partial charge in [0.05, 0.1) is 47.1 Å². The largest absolute Gasteiger partial charge is 0.493 e. The summed E-state index contributed by atoms with van der Waals surface area (Å²) < 4.78 is 40.6. The van der Waals surface area contributed by atoms with Gasteiger partial charge in [0.25, 0.3) is 5.69 Å². The van der Waals surface area contributed by atoms with Gasteiger partial charge in [-0.25, -0.2) is 4.79 Å². The molecule has 0 saturated carbocycles. The van der Waals surface area contributed by atoms with Crippen molar-refractivity contribution in [3.63, 3.8) is 0 Å². The van der Waals surface area contributed by atoms with Gasteiger partial charge in [-0.1, -0.05) is 0 Å². The normalized spacial score (nSPS) is 16.5. The van der Waals surface area contributed by atoms with Crippen molar-refractivity contribution < 1.29 is 42.9 Å². The third-order valence-corrected chi connectivity index (χ3v) is 7.22. The Bertz CT molecular complexity index is 1540. The minimum absolute atomic E-state index is 0.0186. The Morgan fingerprint density at radius 3 is 2.10 bits per heavy atom. The van der Waals surface area contributed by atoms with Gasteiger partial charge in [0.2, 0.25) is 11.5 Å². The molecule has 1 heterocycles. The number of nitro groups is 1. The van der Waals surface area contributed by atoms with Crippen LogP contribution in [-0.4, -0.2) is 53.0 Å². The van der Waals surface area contributed by atoms with Crippen molar-refractivity contribution in [3.05, 3.63) is 68.8 Å². The van der Waals surface area contributed by atoms with Crippen molar-refractivity contribution in [3.8, 4) is 45.6 Å². The van der Waals surface area contributed by atoms with E-state index < -0.39 is 4.92 Å². The lowest BCUT2D eigenvalue weighted by Crippen LogP contribution is -2.13. The van der Waals surface area contributed by atoms with E-state index in [-0.39, 0.29) is 30.8 Å². The molecule has 0 aromatic heterocycles. The van der Waals surface area contributed by atoms with Gasteiger partial charge in [-0.15, -0.1) is 0 Å². The molecule has 11 nitrogen and oxygen atoms in total. The number of fused-ring (bicyclic) bond motifs is 4. The molecular formula is C30H29NO10. The van der Waals surface area contributed by atoms with Gasteiger partial charge in [0.1, 0.15) is 6.61 Å². The summed E-state index contributed by atoms with van der Waals surface area (Å²) in [6.07, 6.45) is 2.26. The highest BCUT2D eigenvalue weighted by atomic mass is 16.6. The predicted octanol–water partition coefficient (Wildman–Crippen LogP) is 5.00. The average Bonchev–Trinajstić information content (AvgIpc) is 3.31. The second kappa shape index (κ2) is 11.3. The van der Waals surface area contributed by atoms with Gasteiger partial charge < -0.3 is 33.2 Å². The van der Waals surface area contributed by atoms with Crippen molar-refractivity contribution in [2.75, 3.05) is 42.2 Å². The van der Waals surface area contributed by atoms with E-state index in [0.717, 1.165) is 5.56 Å². The highest BCUT2D eigenvalue weighted by Crippen LogP contribution is 2.56. The molecule has 1 atom stereocenters. The first-order valence-electron chi connectivity index (χ1n) is 12.7. The van der Waals surface area contributed by atoms with E-state index in [1.165, 1.54) is 33.5 Å². The Kier molecular flexibility index (Phi) is 7.60. The fourth-order valence-electron chi connectivity index (χ4n) is 5.30. The van der Waals surface area contributed by atoms with E-state index in [9.17, 15) is 14.9 Å². The predicted molar refractivity (Wildman–Crippen MR) is 148 cm³/mol. The molecule has 0 radical (unpaired) electrons. The zero-order valence-electron chi connectivity index (χ0n) is 23.3. The van der Waals surface area contributed by atoms with Crippen LogP contribution in [0.4, 0.5) is 5.69 Å². The molecule has 41 heavy (non-hydrogen) atoms. The summed E-state index contributed by atoms with van der Waals surface area (Å²) in [5.74, 6) is 1.74. The van der Waals surface area contributed by atoms with Gasteiger partial charge >= 0.3 is 5.97 Å². The van der Waals surface area contributed by atoms with Crippen LogP contribution >= 0.6 is 0 Å². The second-order valence-corrected chi connectivity index (χ2v) is 9.40. The molecule has 3 aromatic carbocycles. The summed E-state index contributed by atoms with van der Waals surface area (Å²) in [6, 6.07) is 9.71. The maximum absolute atomic E-state index is 12.8. The molecule has 0 unspecified atom stereocenters. The fraction of sp³-hybridized carbons (Fsp3) is 0.300. The Balaban J connectivity index is 1.76. The Labute approximate surface area is 236 Å². The molecular weight excluding hydrogens is 534 g/mol. The Morgan fingerprint density at radius 2 is 1.49 bits per heavy atom. The van der Waals surface area contributed by atoms with Crippen LogP contribution in [0.25, 0.3) is 17.2 Å². The summed E-state index contributed by atoms with van der Waals surface area (Å²) in [5, 5.41) is 11.1. The number of carbonyl (C=O) groups is 1. The van der Waals surface area contributed by atoms with Crippen LogP contribution in [0, 0.1) is 16.0 Å². The van der Waals surface area contributed by atoms with Gasteiger partial charge in [-0.05, 0) is 53.5 Å². The van der Waals surface area contributed by atoms with E-state index in [2.05, 4.69) is 0 Å². The number of ether oxygens (including phenoxy) is 7. The topological polar surface area (TPSA) is 125 Å². The van der Waals surface area contributed by atoms with Crippen LogP contribution in [0.3, 0.4) is 0 Å². The number of cyclic esters (lactones) is 1. The molecule has 214 valence electrons. The van der Waals surface area contributed by atoms with Crippen LogP contribution in [-0.2, 0) is 22.6 Å². The number of nitrogens with zero attached hydrogens (tertiary/aromatic N) is 1. The summed E-state index contributed by atoms with van der Waals surface area (Å²) >= 11 is 0. The quantitative estimate of drug-likeness (QED) is 0.200. The number of esters is 1. The summed E-state index contributed by atoms with van der Waals surface area (Å²) in [6.45, 7) is 0.329. The molecule has 11 heteroatoms. The molecule has 1 aliphatic carbocycles. The molecule has 1 aliphatic heterocycles. The van der Waals surface area contributed by atoms with Gasteiger partial charge in [-0.2, -0.15) is 0 Å².